The van der Waals surface area contributed by atoms with E-state index < -0.39 is 0 Å². The lowest BCUT2D eigenvalue weighted by molar-refractivity contribution is 0.451. The highest BCUT2D eigenvalue weighted by molar-refractivity contribution is 9.09. The minimum absolute atomic E-state index is 0.0272. The van der Waals surface area contributed by atoms with E-state index >= 15 is 0 Å². The summed E-state index contributed by atoms with van der Waals surface area (Å²) >= 11 is 16.5. The third-order valence-corrected chi connectivity index (χ3v) is 6.71. The first-order chi connectivity index (χ1) is 13.1. The highest BCUT2D eigenvalue weighted by atomic mass is 79.9. The maximum Gasteiger partial charge on any atom is 0.0958 e. The van der Waals surface area contributed by atoms with Crippen LogP contribution in [0, 0.1) is 0 Å². The van der Waals surface area contributed by atoms with Crippen molar-refractivity contribution in [2.45, 2.75) is 42.5 Å². The summed E-state index contributed by atoms with van der Waals surface area (Å²) in [7, 11) is 0. The van der Waals surface area contributed by atoms with Crippen molar-refractivity contribution in [1.29, 1.82) is 0 Å². The number of rotatable bonds is 4. The molecule has 0 aliphatic heterocycles. The van der Waals surface area contributed by atoms with Crippen LogP contribution in [0.25, 0.3) is 0 Å². The van der Waals surface area contributed by atoms with Gasteiger partial charge in [0.15, 0.2) is 0 Å². The molecule has 2 nitrogen and oxygen atoms in total. The molecule has 4 rings (SSSR count). The van der Waals surface area contributed by atoms with Crippen molar-refractivity contribution in [3.8, 4) is 0 Å². The smallest absolute Gasteiger partial charge is 0.0958 e. The molecule has 1 aliphatic carbocycles. The average Bonchev–Trinajstić information content (AvgIpc) is 3.14. The summed E-state index contributed by atoms with van der Waals surface area (Å²) in [5.41, 5.74) is 3.37. The van der Waals surface area contributed by atoms with Crippen molar-refractivity contribution >= 4 is 39.1 Å². The predicted octanol–water partition coefficient (Wildman–Crippen LogP) is 7.25. The molecular weight excluding hydrogens is 443 g/mol. The summed E-state index contributed by atoms with van der Waals surface area (Å²) in [4.78, 5) is 5.36. The van der Waals surface area contributed by atoms with Gasteiger partial charge in [0.2, 0.25) is 0 Å². The summed E-state index contributed by atoms with van der Waals surface area (Å²) in [5.74, 6) is 0.515. The summed E-state index contributed by atoms with van der Waals surface area (Å²) in [6.07, 6.45) is 8.99. The van der Waals surface area contributed by atoms with Crippen molar-refractivity contribution in [2.75, 3.05) is 0 Å². The number of nitrogens with zero attached hydrogens (tertiary/aromatic N) is 2. The predicted molar refractivity (Wildman–Crippen MR) is 116 cm³/mol. The van der Waals surface area contributed by atoms with Crippen LogP contribution in [-0.2, 0) is 0 Å². The van der Waals surface area contributed by atoms with Gasteiger partial charge in [-0.1, -0.05) is 82.0 Å². The molecule has 5 heteroatoms. The maximum atomic E-state index is 6.57. The molecule has 1 saturated carbocycles. The number of halogens is 3. The summed E-state index contributed by atoms with van der Waals surface area (Å²) in [5, 5.41) is 1.32. The Kier molecular flexibility index (Phi) is 5.91. The van der Waals surface area contributed by atoms with Gasteiger partial charge < -0.3 is 4.57 Å². The number of hydrogen-bond donors (Lipinski definition) is 0. The zero-order valence-corrected chi connectivity index (χ0v) is 18.0. The van der Waals surface area contributed by atoms with Crippen LogP contribution in [0.4, 0.5) is 0 Å². The third-order valence-electron chi connectivity index (χ3n) is 5.32. The molecule has 0 saturated heterocycles. The van der Waals surface area contributed by atoms with Gasteiger partial charge in [-0.2, -0.15) is 0 Å². The Balaban J connectivity index is 1.73. The fraction of sp³-hybridized carbons (Fsp3) is 0.318. The Morgan fingerprint density at radius 3 is 2.63 bits per heavy atom. The van der Waals surface area contributed by atoms with Crippen LogP contribution in [0.2, 0.25) is 10.0 Å². The van der Waals surface area contributed by atoms with E-state index in [2.05, 4.69) is 51.0 Å². The molecule has 0 spiro atoms. The van der Waals surface area contributed by atoms with E-state index in [-0.39, 0.29) is 6.04 Å². The molecule has 0 N–H and O–H groups in total. The van der Waals surface area contributed by atoms with Crippen molar-refractivity contribution in [3.05, 3.63) is 87.9 Å². The van der Waals surface area contributed by atoms with E-state index in [0.29, 0.717) is 20.8 Å². The van der Waals surface area contributed by atoms with Gasteiger partial charge in [0.05, 0.1) is 18.1 Å². The molecule has 27 heavy (non-hydrogen) atoms. The number of benzene rings is 2. The highest BCUT2D eigenvalue weighted by Gasteiger charge is 2.25. The summed E-state index contributed by atoms with van der Waals surface area (Å²) in [6, 6.07) is 16.1. The molecule has 0 radical (unpaired) electrons. The first kappa shape index (κ1) is 19.0. The summed E-state index contributed by atoms with van der Waals surface area (Å²) < 4.78 is 2.18. The molecule has 0 bridgehead atoms. The van der Waals surface area contributed by atoms with Gasteiger partial charge in [-0.25, -0.2) is 4.98 Å². The van der Waals surface area contributed by atoms with Crippen LogP contribution < -0.4 is 0 Å². The monoisotopic (exact) mass is 462 g/mol. The molecule has 1 aromatic heterocycles. The lowest BCUT2D eigenvalue weighted by Gasteiger charge is -2.24. The van der Waals surface area contributed by atoms with E-state index in [9.17, 15) is 0 Å². The Morgan fingerprint density at radius 1 is 1.07 bits per heavy atom. The van der Waals surface area contributed by atoms with Crippen LogP contribution in [0.15, 0.2) is 61.1 Å². The Hall–Kier alpha value is -1.29. The van der Waals surface area contributed by atoms with E-state index in [4.69, 9.17) is 28.2 Å². The van der Waals surface area contributed by atoms with E-state index in [1.54, 1.807) is 0 Å². The van der Waals surface area contributed by atoms with Gasteiger partial charge in [-0.05, 0) is 42.5 Å². The molecule has 3 aromatic rings. The first-order valence-corrected chi connectivity index (χ1v) is 11.0. The van der Waals surface area contributed by atoms with Gasteiger partial charge in [-0.15, -0.1) is 0 Å². The van der Waals surface area contributed by atoms with Gasteiger partial charge in [0.1, 0.15) is 0 Å². The zero-order valence-electron chi connectivity index (χ0n) is 14.9. The van der Waals surface area contributed by atoms with E-state index in [0.717, 1.165) is 12.0 Å². The molecule has 1 heterocycles. The fourth-order valence-corrected chi connectivity index (χ4v) is 5.26. The van der Waals surface area contributed by atoms with Crippen molar-refractivity contribution in [1.82, 2.24) is 9.55 Å². The minimum Gasteiger partial charge on any atom is -0.325 e. The van der Waals surface area contributed by atoms with Crippen LogP contribution >= 0.6 is 39.1 Å². The standard InChI is InChI=1S/C22H21BrCl2N2/c23-17-8-4-7-16(11-17)21-13-27(14-26-21)22(15-5-2-1-3-6-15)19-10-9-18(24)12-20(19)25/h1-3,5-6,9-10,12-14,16-17,22H,4,7-8,11H2. The second-order valence-corrected chi connectivity index (χ2v) is 9.32. The van der Waals surface area contributed by atoms with Crippen LogP contribution in [0.1, 0.15) is 54.5 Å². The molecule has 0 amide bonds. The summed E-state index contributed by atoms with van der Waals surface area (Å²) in [6.45, 7) is 0. The van der Waals surface area contributed by atoms with Crippen molar-refractivity contribution in [3.63, 3.8) is 0 Å². The number of imidazole rings is 1. The average molecular weight is 464 g/mol. The van der Waals surface area contributed by atoms with Crippen LogP contribution in [0.3, 0.4) is 0 Å². The lowest BCUT2D eigenvalue weighted by atomic mass is 9.87. The fourth-order valence-electron chi connectivity index (χ4n) is 3.97. The number of alkyl halides is 1. The molecule has 3 atom stereocenters. The van der Waals surface area contributed by atoms with E-state index in [1.165, 1.54) is 30.5 Å². The highest BCUT2D eigenvalue weighted by Crippen LogP contribution is 2.37. The quantitative estimate of drug-likeness (QED) is 0.372. The lowest BCUT2D eigenvalue weighted by Crippen LogP contribution is -2.14. The second kappa shape index (κ2) is 8.38. The van der Waals surface area contributed by atoms with Crippen molar-refractivity contribution < 1.29 is 0 Å². The second-order valence-electron chi connectivity index (χ2n) is 7.19. The molecule has 1 aliphatic rings. The van der Waals surface area contributed by atoms with Gasteiger partial charge in [0, 0.05) is 27.0 Å². The SMILES string of the molecule is Clc1ccc(C(c2ccccc2)n2cnc(C3CCCC(Br)C3)c2)c(Cl)c1. The van der Waals surface area contributed by atoms with E-state index in [1.807, 2.05) is 30.6 Å². The van der Waals surface area contributed by atoms with Crippen LogP contribution in [0.5, 0.6) is 0 Å². The van der Waals surface area contributed by atoms with Crippen LogP contribution in [-0.4, -0.2) is 14.4 Å². The van der Waals surface area contributed by atoms with Gasteiger partial charge in [0.25, 0.3) is 0 Å². The van der Waals surface area contributed by atoms with Gasteiger partial charge >= 0.3 is 0 Å². The normalized spacial score (nSPS) is 21.1. The zero-order chi connectivity index (χ0) is 18.8. The van der Waals surface area contributed by atoms with Gasteiger partial charge in [-0.3, -0.25) is 0 Å². The molecule has 140 valence electrons. The Bertz CT molecular complexity index is 910. The first-order valence-electron chi connectivity index (χ1n) is 9.29. The number of hydrogen-bond acceptors (Lipinski definition) is 1. The largest absolute Gasteiger partial charge is 0.325 e. The Morgan fingerprint density at radius 2 is 1.89 bits per heavy atom. The molecule has 3 unspecified atom stereocenters. The minimum atomic E-state index is -0.0272. The maximum absolute atomic E-state index is 6.57. The molecule has 1 fully saturated rings. The Labute approximate surface area is 178 Å². The third kappa shape index (κ3) is 4.26. The topological polar surface area (TPSA) is 17.8 Å². The molecular formula is C22H21BrCl2N2. The molecule has 2 aromatic carbocycles. The van der Waals surface area contributed by atoms with Crippen molar-refractivity contribution in [2.24, 2.45) is 0 Å². The number of aromatic nitrogens is 2.